The van der Waals surface area contributed by atoms with E-state index in [-0.39, 0.29) is 0 Å². The van der Waals surface area contributed by atoms with Crippen LogP contribution in [0.2, 0.25) is 0 Å². The first-order valence-electron chi connectivity index (χ1n) is 12.8. The van der Waals surface area contributed by atoms with Gasteiger partial charge in [0.1, 0.15) is 11.6 Å². The van der Waals surface area contributed by atoms with Crippen molar-refractivity contribution in [2.24, 2.45) is 0 Å². The van der Waals surface area contributed by atoms with Gasteiger partial charge in [0.05, 0.1) is 0 Å². The zero-order valence-corrected chi connectivity index (χ0v) is 19.1. The van der Waals surface area contributed by atoms with Gasteiger partial charge in [0, 0.05) is 58.2 Å². The molecule has 9 nitrogen and oxygen atoms in total. The molecule has 0 saturated carbocycles. The molecule has 4 aliphatic rings. The Morgan fingerprint density at radius 2 is 1.16 bits per heavy atom. The Morgan fingerprint density at radius 3 is 1.84 bits per heavy atom. The summed E-state index contributed by atoms with van der Waals surface area (Å²) >= 11 is 0. The maximum atomic E-state index is 4.99. The summed E-state index contributed by atoms with van der Waals surface area (Å²) in [4.78, 5) is 21.9. The molecular formula is C23H35N9. The summed E-state index contributed by atoms with van der Waals surface area (Å²) in [6.45, 7) is 7.20. The molecule has 6 rings (SSSR count). The zero-order valence-electron chi connectivity index (χ0n) is 19.1. The molecule has 32 heavy (non-hydrogen) atoms. The molecule has 3 saturated heterocycles. The van der Waals surface area contributed by atoms with Crippen LogP contribution in [0, 0.1) is 0 Å². The lowest BCUT2D eigenvalue weighted by Crippen LogP contribution is -2.37. The van der Waals surface area contributed by atoms with E-state index in [0.29, 0.717) is 5.92 Å². The van der Waals surface area contributed by atoms with E-state index >= 15 is 0 Å². The van der Waals surface area contributed by atoms with Crippen LogP contribution in [0.5, 0.6) is 0 Å². The van der Waals surface area contributed by atoms with E-state index in [0.717, 1.165) is 82.9 Å². The monoisotopic (exact) mass is 437 g/mol. The second-order valence-electron chi connectivity index (χ2n) is 9.85. The minimum Gasteiger partial charge on any atom is -0.341 e. The second kappa shape index (κ2) is 8.83. The highest BCUT2D eigenvalue weighted by Gasteiger charge is 2.30. The van der Waals surface area contributed by atoms with Crippen molar-refractivity contribution in [3.05, 3.63) is 11.6 Å². The Labute approximate surface area is 190 Å². The van der Waals surface area contributed by atoms with Gasteiger partial charge in [-0.15, -0.1) is 10.2 Å². The van der Waals surface area contributed by atoms with Gasteiger partial charge in [0.25, 0.3) is 0 Å². The van der Waals surface area contributed by atoms with Gasteiger partial charge in [0.2, 0.25) is 17.8 Å². The molecule has 2 aromatic rings. The van der Waals surface area contributed by atoms with Crippen LogP contribution in [0.15, 0.2) is 0 Å². The van der Waals surface area contributed by atoms with Crippen molar-refractivity contribution < 1.29 is 0 Å². The third kappa shape index (κ3) is 3.90. The summed E-state index contributed by atoms with van der Waals surface area (Å²) < 4.78 is 2.42. The van der Waals surface area contributed by atoms with Crippen molar-refractivity contribution in [2.45, 2.75) is 76.7 Å². The van der Waals surface area contributed by atoms with Gasteiger partial charge in [-0.05, 0) is 51.4 Å². The van der Waals surface area contributed by atoms with Gasteiger partial charge >= 0.3 is 0 Å². The van der Waals surface area contributed by atoms with Crippen LogP contribution in [0.4, 0.5) is 17.8 Å². The molecule has 0 N–H and O–H groups in total. The Morgan fingerprint density at radius 1 is 0.562 bits per heavy atom. The summed E-state index contributed by atoms with van der Waals surface area (Å²) in [5.41, 5.74) is 0. The molecule has 2 aromatic heterocycles. The van der Waals surface area contributed by atoms with Gasteiger partial charge in [-0.2, -0.15) is 15.0 Å². The normalized spacial score (nSPS) is 24.1. The van der Waals surface area contributed by atoms with Gasteiger partial charge in [-0.25, -0.2) is 0 Å². The van der Waals surface area contributed by atoms with Crippen LogP contribution in [0.25, 0.3) is 0 Å². The summed E-state index contributed by atoms with van der Waals surface area (Å²) in [7, 11) is 0. The zero-order chi connectivity index (χ0) is 21.3. The molecule has 0 bridgehead atoms. The van der Waals surface area contributed by atoms with Gasteiger partial charge in [0.15, 0.2) is 0 Å². The van der Waals surface area contributed by atoms with E-state index in [1.807, 2.05) is 0 Å². The van der Waals surface area contributed by atoms with Crippen molar-refractivity contribution >= 4 is 17.8 Å². The maximum absolute atomic E-state index is 4.99. The quantitative estimate of drug-likeness (QED) is 0.723. The van der Waals surface area contributed by atoms with Crippen molar-refractivity contribution in [1.29, 1.82) is 0 Å². The summed E-state index contributed by atoms with van der Waals surface area (Å²) in [5, 5.41) is 9.23. The van der Waals surface area contributed by atoms with Crippen LogP contribution in [0.1, 0.15) is 75.4 Å². The molecule has 0 spiro atoms. The summed E-state index contributed by atoms with van der Waals surface area (Å²) in [5.74, 6) is 5.35. The van der Waals surface area contributed by atoms with Crippen molar-refractivity contribution in [1.82, 2.24) is 29.7 Å². The molecule has 172 valence electrons. The number of piperidine rings is 1. The molecule has 0 amide bonds. The van der Waals surface area contributed by atoms with E-state index in [4.69, 9.17) is 15.0 Å². The van der Waals surface area contributed by atoms with E-state index < -0.39 is 0 Å². The Kier molecular flexibility index (Phi) is 5.57. The fourth-order valence-electron chi connectivity index (χ4n) is 5.78. The first-order valence-corrected chi connectivity index (χ1v) is 12.8. The van der Waals surface area contributed by atoms with Crippen molar-refractivity contribution in [3.63, 3.8) is 0 Å². The molecular weight excluding hydrogens is 402 g/mol. The molecule has 1 atom stereocenters. The Bertz CT molecular complexity index is 895. The number of nitrogens with zero attached hydrogens (tertiary/aromatic N) is 9. The molecule has 0 unspecified atom stereocenters. The van der Waals surface area contributed by atoms with Gasteiger partial charge < -0.3 is 19.3 Å². The van der Waals surface area contributed by atoms with E-state index in [1.165, 1.54) is 56.6 Å². The molecule has 9 heteroatoms. The number of anilines is 3. The van der Waals surface area contributed by atoms with Crippen LogP contribution >= 0.6 is 0 Å². The van der Waals surface area contributed by atoms with Gasteiger partial charge in [-0.3, -0.25) is 0 Å². The van der Waals surface area contributed by atoms with Gasteiger partial charge in [-0.1, -0.05) is 6.42 Å². The molecule has 0 aliphatic carbocycles. The lowest BCUT2D eigenvalue weighted by Gasteiger charge is -2.33. The van der Waals surface area contributed by atoms with Crippen LogP contribution < -0.4 is 14.7 Å². The molecule has 0 radical (unpaired) electrons. The molecule has 4 aliphatic heterocycles. The number of fused-ring (bicyclic) bond motifs is 1. The number of aryl methyl sites for hydroxylation is 1. The standard InChI is InChI=1S/C23H35N9/c1-2-10-19-27-28-20(32(19)16-3-1)18-9-8-15-31(17-18)23-25-21(29-11-4-5-12-29)24-22(26-23)30-13-6-7-14-30/h18H,1-17H2/t18-/m0/s1. The molecule has 3 fully saturated rings. The highest BCUT2D eigenvalue weighted by atomic mass is 15.4. The number of hydrogen-bond donors (Lipinski definition) is 0. The fourth-order valence-corrected chi connectivity index (χ4v) is 5.78. The summed E-state index contributed by atoms with van der Waals surface area (Å²) in [6.07, 6.45) is 12.0. The van der Waals surface area contributed by atoms with E-state index in [1.54, 1.807) is 0 Å². The van der Waals surface area contributed by atoms with E-state index in [2.05, 4.69) is 29.5 Å². The number of aromatic nitrogens is 6. The first kappa shape index (κ1) is 20.2. The smallest absolute Gasteiger partial charge is 0.231 e. The number of hydrogen-bond acceptors (Lipinski definition) is 8. The highest BCUT2D eigenvalue weighted by Crippen LogP contribution is 2.31. The predicted molar refractivity (Wildman–Crippen MR) is 124 cm³/mol. The van der Waals surface area contributed by atoms with Crippen LogP contribution in [-0.2, 0) is 13.0 Å². The minimum absolute atomic E-state index is 0.394. The second-order valence-corrected chi connectivity index (χ2v) is 9.85. The highest BCUT2D eigenvalue weighted by molar-refractivity contribution is 5.48. The third-order valence-electron chi connectivity index (χ3n) is 7.59. The SMILES string of the molecule is C1CCc2nnc([C@H]3CCCN(c4nc(N5CCCC5)nc(N5CCCC5)n4)C3)n2CC1. The molecule has 0 aromatic carbocycles. The average Bonchev–Trinajstić information content (AvgIpc) is 3.60. The van der Waals surface area contributed by atoms with Crippen molar-refractivity contribution in [2.75, 3.05) is 54.0 Å². The first-order chi connectivity index (χ1) is 15.8. The fraction of sp³-hybridized carbons (Fsp3) is 0.783. The minimum atomic E-state index is 0.394. The predicted octanol–water partition coefficient (Wildman–Crippen LogP) is 2.77. The Hall–Kier alpha value is -2.45. The van der Waals surface area contributed by atoms with Crippen LogP contribution in [-0.4, -0.2) is 69.0 Å². The number of rotatable bonds is 4. The van der Waals surface area contributed by atoms with Crippen molar-refractivity contribution in [3.8, 4) is 0 Å². The average molecular weight is 438 g/mol. The maximum Gasteiger partial charge on any atom is 0.231 e. The Balaban J connectivity index is 1.28. The third-order valence-corrected chi connectivity index (χ3v) is 7.59. The van der Waals surface area contributed by atoms with Crippen LogP contribution in [0.3, 0.4) is 0 Å². The topological polar surface area (TPSA) is 79.1 Å². The molecule has 6 heterocycles. The van der Waals surface area contributed by atoms with E-state index in [9.17, 15) is 0 Å². The lowest BCUT2D eigenvalue weighted by atomic mass is 9.97. The lowest BCUT2D eigenvalue weighted by molar-refractivity contribution is 0.461. The summed E-state index contributed by atoms with van der Waals surface area (Å²) in [6, 6.07) is 0. The largest absolute Gasteiger partial charge is 0.341 e.